The molecule has 81 heavy (non-hydrogen) atoms. The molecular formula is C69H112O12. The Morgan fingerprint density at radius 2 is 0.778 bits per heavy atom. The Morgan fingerprint density at radius 1 is 0.420 bits per heavy atom. The van der Waals surface area contributed by atoms with Crippen LogP contribution < -0.4 is 0 Å². The molecule has 0 aromatic rings. The molecule has 6 atom stereocenters. The molecule has 0 aromatic carbocycles. The predicted octanol–water partition coefficient (Wildman–Crippen LogP) is 17.0. The van der Waals surface area contributed by atoms with Gasteiger partial charge in [0.05, 0.1) is 6.61 Å². The minimum Gasteiger partial charge on any atom is -0.479 e. The highest BCUT2D eigenvalue weighted by Gasteiger charge is 2.50. The lowest BCUT2D eigenvalue weighted by atomic mass is 9.98. The zero-order chi connectivity index (χ0) is 58.9. The fourth-order valence-electron chi connectivity index (χ4n) is 8.92. The van der Waals surface area contributed by atoms with Crippen LogP contribution in [0.15, 0.2) is 109 Å². The molecule has 0 radical (unpaired) electrons. The van der Waals surface area contributed by atoms with Crippen LogP contribution in [0.25, 0.3) is 0 Å². The third-order valence-electron chi connectivity index (χ3n) is 13.8. The van der Waals surface area contributed by atoms with E-state index in [1.165, 1.54) is 51.4 Å². The predicted molar refractivity (Wildman–Crippen MR) is 330 cm³/mol. The van der Waals surface area contributed by atoms with E-state index in [0.29, 0.717) is 19.3 Å². The van der Waals surface area contributed by atoms with E-state index in [1.54, 1.807) is 0 Å². The maximum atomic E-state index is 13.2. The first-order valence-electron chi connectivity index (χ1n) is 31.9. The van der Waals surface area contributed by atoms with Crippen LogP contribution in [0, 0.1) is 0 Å². The fourth-order valence-corrected chi connectivity index (χ4v) is 8.92. The first kappa shape index (κ1) is 74.4. The van der Waals surface area contributed by atoms with Gasteiger partial charge in [0.2, 0.25) is 0 Å². The van der Waals surface area contributed by atoms with Crippen molar-refractivity contribution in [3.8, 4) is 0 Å². The van der Waals surface area contributed by atoms with Crippen molar-refractivity contribution in [3.63, 3.8) is 0 Å². The lowest BCUT2D eigenvalue weighted by Gasteiger charge is -2.40. The minimum atomic E-state index is -1.92. The van der Waals surface area contributed by atoms with Crippen LogP contribution in [-0.2, 0) is 42.9 Å². The van der Waals surface area contributed by atoms with Crippen LogP contribution in [0.2, 0.25) is 0 Å². The van der Waals surface area contributed by atoms with Crippen LogP contribution in [0.5, 0.6) is 0 Å². The number of carbonyl (C=O) groups excluding carboxylic acids is 3. The molecule has 1 fully saturated rings. The first-order valence-corrected chi connectivity index (χ1v) is 31.9. The van der Waals surface area contributed by atoms with Gasteiger partial charge in [-0.25, -0.2) is 4.79 Å². The van der Waals surface area contributed by atoms with E-state index >= 15 is 0 Å². The number of carboxylic acid groups (broad SMARTS) is 1. The topological polar surface area (TPSA) is 175 Å². The zero-order valence-electron chi connectivity index (χ0n) is 50.7. The van der Waals surface area contributed by atoms with Crippen molar-refractivity contribution >= 4 is 23.9 Å². The Kier molecular flexibility index (Phi) is 51.3. The summed E-state index contributed by atoms with van der Waals surface area (Å²) in [5, 5.41) is 31.6. The van der Waals surface area contributed by atoms with Crippen LogP contribution in [0.4, 0.5) is 0 Å². The Hall–Kier alpha value is -4.62. The van der Waals surface area contributed by atoms with E-state index < -0.39 is 67.3 Å². The van der Waals surface area contributed by atoms with Gasteiger partial charge in [0.1, 0.15) is 18.8 Å². The quantitative estimate of drug-likeness (QED) is 0.0228. The Morgan fingerprint density at radius 3 is 1.23 bits per heavy atom. The highest BCUT2D eigenvalue weighted by Crippen LogP contribution is 2.26. The molecule has 460 valence electrons. The van der Waals surface area contributed by atoms with Gasteiger partial charge in [-0.2, -0.15) is 0 Å². The number of hydrogen-bond donors (Lipinski definition) is 3. The third kappa shape index (κ3) is 45.6. The van der Waals surface area contributed by atoms with E-state index in [9.17, 15) is 34.5 Å². The Balaban J connectivity index is 2.69. The summed E-state index contributed by atoms with van der Waals surface area (Å²) in [5.41, 5.74) is 0. The van der Waals surface area contributed by atoms with Gasteiger partial charge in [0, 0.05) is 19.3 Å². The molecule has 12 heteroatoms. The number of hydrogen-bond acceptors (Lipinski definition) is 11. The molecule has 3 N–H and O–H groups in total. The van der Waals surface area contributed by atoms with E-state index in [-0.39, 0.29) is 25.9 Å². The van der Waals surface area contributed by atoms with Gasteiger partial charge in [-0.05, 0) is 128 Å². The molecule has 0 saturated carbocycles. The molecule has 1 aliphatic rings. The lowest BCUT2D eigenvalue weighted by molar-refractivity contribution is -0.301. The second-order valence-electron chi connectivity index (χ2n) is 21.3. The largest absolute Gasteiger partial charge is 0.479 e. The van der Waals surface area contributed by atoms with Gasteiger partial charge in [-0.3, -0.25) is 14.4 Å². The van der Waals surface area contributed by atoms with E-state index in [2.05, 4.69) is 130 Å². The SMILES string of the molecule is CC/C=C\C/C=C\C/C=C\C/C=C\C/C=C\CCCCCC(=O)OC1C(OCC(COC(=O)CCCCCCCC/C=C\C/C=C\C/C=C\CCCCC)OC(=O)CCCCCCC/C=C\CCCCCC)OC(C(=O)O)C(O)C1O. The van der Waals surface area contributed by atoms with Crippen molar-refractivity contribution < 1.29 is 58.2 Å². The molecule has 1 saturated heterocycles. The van der Waals surface area contributed by atoms with Gasteiger partial charge in [-0.1, -0.05) is 214 Å². The highest BCUT2D eigenvalue weighted by molar-refractivity contribution is 5.74. The molecule has 1 aliphatic heterocycles. The highest BCUT2D eigenvalue weighted by atomic mass is 16.7. The van der Waals surface area contributed by atoms with Crippen molar-refractivity contribution in [2.45, 2.75) is 289 Å². The number of carboxylic acids is 1. The first-order chi connectivity index (χ1) is 39.6. The number of allylic oxidation sites excluding steroid dienone is 18. The van der Waals surface area contributed by atoms with Gasteiger partial charge in [0.15, 0.2) is 24.6 Å². The fraction of sp³-hybridized carbons (Fsp3) is 0.681. The molecule has 0 spiro atoms. The van der Waals surface area contributed by atoms with Crippen LogP contribution in [0.1, 0.15) is 252 Å². The summed E-state index contributed by atoms with van der Waals surface area (Å²) in [6.07, 6.45) is 63.3. The Bertz CT molecular complexity index is 1820. The van der Waals surface area contributed by atoms with E-state index in [0.717, 1.165) is 141 Å². The summed E-state index contributed by atoms with van der Waals surface area (Å²) in [4.78, 5) is 51.3. The molecule has 0 aromatic heterocycles. The third-order valence-corrected chi connectivity index (χ3v) is 13.8. The van der Waals surface area contributed by atoms with Gasteiger partial charge < -0.3 is 39.0 Å². The number of rotatable bonds is 53. The number of carbonyl (C=O) groups is 4. The number of aliphatic carboxylic acids is 1. The van der Waals surface area contributed by atoms with Crippen LogP contribution in [-0.4, -0.2) is 89.2 Å². The minimum absolute atomic E-state index is 0.0142. The molecule has 0 bridgehead atoms. The maximum absolute atomic E-state index is 13.2. The number of aliphatic hydroxyl groups is 2. The molecular weight excluding hydrogens is 1020 g/mol. The summed E-state index contributed by atoms with van der Waals surface area (Å²) in [7, 11) is 0. The maximum Gasteiger partial charge on any atom is 0.335 e. The summed E-state index contributed by atoms with van der Waals surface area (Å²) in [5.74, 6) is -3.20. The van der Waals surface area contributed by atoms with Crippen molar-refractivity contribution in [2.75, 3.05) is 13.2 Å². The number of aliphatic hydroxyl groups excluding tert-OH is 2. The smallest absolute Gasteiger partial charge is 0.335 e. The van der Waals surface area contributed by atoms with E-state index in [4.69, 9.17) is 23.7 Å². The summed E-state index contributed by atoms with van der Waals surface area (Å²) in [6.45, 7) is 5.81. The van der Waals surface area contributed by atoms with Crippen molar-refractivity contribution in [1.29, 1.82) is 0 Å². The Labute approximate surface area is 491 Å². The zero-order valence-corrected chi connectivity index (χ0v) is 50.7. The van der Waals surface area contributed by atoms with Crippen LogP contribution >= 0.6 is 0 Å². The molecule has 0 amide bonds. The monoisotopic (exact) mass is 1130 g/mol. The van der Waals surface area contributed by atoms with Gasteiger partial charge in [-0.15, -0.1) is 0 Å². The second kappa shape index (κ2) is 55.9. The number of esters is 3. The molecule has 1 heterocycles. The van der Waals surface area contributed by atoms with Crippen molar-refractivity contribution in [1.82, 2.24) is 0 Å². The molecule has 12 nitrogen and oxygen atoms in total. The summed E-state index contributed by atoms with van der Waals surface area (Å²) >= 11 is 0. The molecule has 0 aliphatic carbocycles. The lowest BCUT2D eigenvalue weighted by Crippen LogP contribution is -2.61. The van der Waals surface area contributed by atoms with E-state index in [1.807, 2.05) is 0 Å². The standard InChI is InChI=1S/C69H112O12/c1-4-7-10-13-16-19-22-25-27-29-31-33-35-38-40-43-46-49-52-55-61(70)77-58-60(79-62(71)56-53-50-47-44-41-37-24-21-18-15-12-9-6-3)59-78-69-67(65(74)64(73)66(81-69)68(75)76)80-63(72)57-54-51-48-45-42-39-36-34-32-30-28-26-23-20-17-14-11-8-5-2/h8,11,16-17,19-21,24-28,31-34,39,42,60,64-67,69,73-74H,4-7,9-10,12-15,18,22-23,29-30,35-38,40-41,43-59H2,1-3H3,(H,75,76)/b11-8-,19-16-,20-17-,24-21-,27-25-,28-26-,33-31-,34-32-,42-39-. The van der Waals surface area contributed by atoms with Gasteiger partial charge in [0.25, 0.3) is 0 Å². The second-order valence-corrected chi connectivity index (χ2v) is 21.3. The molecule has 6 unspecified atom stereocenters. The number of unbranched alkanes of at least 4 members (excludes halogenated alkanes) is 21. The van der Waals surface area contributed by atoms with Crippen molar-refractivity contribution in [2.24, 2.45) is 0 Å². The average Bonchev–Trinajstić information content (AvgIpc) is 3.54. The number of ether oxygens (including phenoxy) is 5. The average molecular weight is 1130 g/mol. The van der Waals surface area contributed by atoms with Crippen LogP contribution in [0.3, 0.4) is 0 Å². The summed E-state index contributed by atoms with van der Waals surface area (Å²) in [6, 6.07) is 0. The van der Waals surface area contributed by atoms with Crippen molar-refractivity contribution in [3.05, 3.63) is 109 Å². The van der Waals surface area contributed by atoms with Gasteiger partial charge >= 0.3 is 23.9 Å². The summed E-state index contributed by atoms with van der Waals surface area (Å²) < 4.78 is 28.4. The normalized spacial score (nSPS) is 18.5. The molecule has 1 rings (SSSR count).